The smallest absolute Gasteiger partial charge is 0.217 e. The van der Waals surface area contributed by atoms with E-state index in [2.05, 4.69) is 5.32 Å². The molecule has 23 heavy (non-hydrogen) atoms. The van der Waals surface area contributed by atoms with Gasteiger partial charge in [0.15, 0.2) is 6.29 Å². The average molecular weight is 334 g/mol. The molecule has 0 radical (unpaired) electrons. The molecule has 1 amide bonds. The molecule has 4 unspecified atom stereocenters. The van der Waals surface area contributed by atoms with E-state index in [1.807, 2.05) is 0 Å². The van der Waals surface area contributed by atoms with Crippen molar-refractivity contribution in [1.82, 2.24) is 5.32 Å². The zero-order valence-corrected chi connectivity index (χ0v) is 12.5. The SMILES string of the molecule is CC(=O)NC1[C@H](OC2C(C(=O)[O-])OCC(O)[C@H]2O)OCC[C@@H]1O. The second-order valence-corrected chi connectivity index (χ2v) is 5.55. The molecule has 4 N–H and O–H groups in total. The Balaban J connectivity index is 2.14. The van der Waals surface area contributed by atoms with Crippen molar-refractivity contribution in [2.75, 3.05) is 13.2 Å². The summed E-state index contributed by atoms with van der Waals surface area (Å²) >= 11 is 0. The van der Waals surface area contributed by atoms with Gasteiger partial charge in [0.25, 0.3) is 0 Å². The minimum atomic E-state index is -1.62. The van der Waals surface area contributed by atoms with Crippen molar-refractivity contribution >= 4 is 11.9 Å². The average Bonchev–Trinajstić information content (AvgIpc) is 2.46. The van der Waals surface area contributed by atoms with Crippen LogP contribution < -0.4 is 10.4 Å². The molecule has 132 valence electrons. The van der Waals surface area contributed by atoms with Crippen LogP contribution in [-0.2, 0) is 23.8 Å². The largest absolute Gasteiger partial charge is 0.547 e. The van der Waals surface area contributed by atoms with E-state index in [0.29, 0.717) is 0 Å². The Morgan fingerprint density at radius 3 is 2.52 bits per heavy atom. The first-order valence-corrected chi connectivity index (χ1v) is 7.22. The highest BCUT2D eigenvalue weighted by Gasteiger charge is 2.45. The Kier molecular flexibility index (Phi) is 5.89. The third-order valence-corrected chi connectivity index (χ3v) is 3.77. The van der Waals surface area contributed by atoms with Gasteiger partial charge in [-0.05, 0) is 6.42 Å². The number of carboxylic acids is 1. The maximum atomic E-state index is 11.2. The van der Waals surface area contributed by atoms with E-state index < -0.39 is 54.7 Å². The number of hydrogen-bond donors (Lipinski definition) is 4. The highest BCUT2D eigenvalue weighted by atomic mass is 16.7. The monoisotopic (exact) mass is 334 g/mol. The summed E-state index contributed by atoms with van der Waals surface area (Å²) in [5, 5.41) is 43.1. The summed E-state index contributed by atoms with van der Waals surface area (Å²) in [6.45, 7) is 0.970. The number of aliphatic carboxylic acids is 1. The minimum absolute atomic E-state index is 0.115. The second-order valence-electron chi connectivity index (χ2n) is 5.55. The van der Waals surface area contributed by atoms with E-state index >= 15 is 0 Å². The normalized spacial score (nSPS) is 41.3. The summed E-state index contributed by atoms with van der Waals surface area (Å²) in [5.74, 6) is -2.06. The topological polar surface area (TPSA) is 158 Å². The van der Waals surface area contributed by atoms with Crippen LogP contribution in [0.1, 0.15) is 13.3 Å². The third-order valence-electron chi connectivity index (χ3n) is 3.77. The number of carbonyl (C=O) groups excluding carboxylic acids is 2. The molecular formula is C13H20NO9-. The fourth-order valence-corrected chi connectivity index (χ4v) is 2.60. The van der Waals surface area contributed by atoms with Crippen LogP contribution in [0.25, 0.3) is 0 Å². The van der Waals surface area contributed by atoms with Crippen LogP contribution in [0.5, 0.6) is 0 Å². The van der Waals surface area contributed by atoms with Crippen molar-refractivity contribution in [1.29, 1.82) is 0 Å². The summed E-state index contributed by atoms with van der Waals surface area (Å²) < 4.78 is 15.7. The zero-order valence-electron chi connectivity index (χ0n) is 12.5. The van der Waals surface area contributed by atoms with Gasteiger partial charge in [-0.25, -0.2) is 0 Å². The number of carbonyl (C=O) groups is 2. The molecule has 0 aromatic rings. The summed E-state index contributed by atoms with van der Waals surface area (Å²) in [6, 6.07) is -0.949. The van der Waals surface area contributed by atoms with Crippen LogP contribution in [0.4, 0.5) is 0 Å². The Morgan fingerprint density at radius 2 is 1.91 bits per heavy atom. The molecule has 7 atom stereocenters. The van der Waals surface area contributed by atoms with Gasteiger partial charge in [-0.1, -0.05) is 0 Å². The minimum Gasteiger partial charge on any atom is -0.547 e. The van der Waals surface area contributed by atoms with Crippen LogP contribution in [0.15, 0.2) is 0 Å². The molecule has 0 aromatic carbocycles. The van der Waals surface area contributed by atoms with E-state index in [4.69, 9.17) is 14.2 Å². The fourth-order valence-electron chi connectivity index (χ4n) is 2.60. The summed E-state index contributed by atoms with van der Waals surface area (Å²) in [6.07, 6.45) is -7.91. The number of hydrogen-bond acceptors (Lipinski definition) is 9. The molecule has 2 fully saturated rings. The highest BCUT2D eigenvalue weighted by Crippen LogP contribution is 2.24. The van der Waals surface area contributed by atoms with E-state index in [-0.39, 0.29) is 19.6 Å². The lowest BCUT2D eigenvalue weighted by atomic mass is 9.99. The van der Waals surface area contributed by atoms with Gasteiger partial charge >= 0.3 is 0 Å². The lowest BCUT2D eigenvalue weighted by molar-refractivity contribution is -0.338. The molecule has 0 bridgehead atoms. The van der Waals surface area contributed by atoms with Gasteiger partial charge < -0.3 is 44.7 Å². The molecule has 0 aromatic heterocycles. The molecule has 0 aliphatic carbocycles. The van der Waals surface area contributed by atoms with E-state index in [0.717, 1.165) is 0 Å². The van der Waals surface area contributed by atoms with Crippen molar-refractivity contribution in [3.05, 3.63) is 0 Å². The van der Waals surface area contributed by atoms with Crippen molar-refractivity contribution in [3.63, 3.8) is 0 Å². The molecule has 2 aliphatic rings. The first-order chi connectivity index (χ1) is 10.8. The predicted molar refractivity (Wildman–Crippen MR) is 69.6 cm³/mol. The van der Waals surface area contributed by atoms with Gasteiger partial charge in [-0.3, -0.25) is 4.79 Å². The van der Waals surface area contributed by atoms with E-state index in [9.17, 15) is 30.0 Å². The van der Waals surface area contributed by atoms with Crippen molar-refractivity contribution in [2.24, 2.45) is 0 Å². The number of carboxylic acid groups (broad SMARTS) is 1. The molecule has 10 nitrogen and oxygen atoms in total. The van der Waals surface area contributed by atoms with E-state index in [1.165, 1.54) is 6.92 Å². The summed E-state index contributed by atoms with van der Waals surface area (Å²) in [5.41, 5.74) is 0. The number of ether oxygens (including phenoxy) is 3. The van der Waals surface area contributed by atoms with E-state index in [1.54, 1.807) is 0 Å². The van der Waals surface area contributed by atoms with Gasteiger partial charge in [0.1, 0.15) is 30.5 Å². The van der Waals surface area contributed by atoms with Crippen molar-refractivity contribution < 1.29 is 44.2 Å². The Hall–Kier alpha value is -1.30. The maximum absolute atomic E-state index is 11.2. The Labute approximate surface area is 131 Å². The predicted octanol–water partition coefficient (Wildman–Crippen LogP) is -4.15. The van der Waals surface area contributed by atoms with Gasteiger partial charge in [-0.15, -0.1) is 0 Å². The first-order valence-electron chi connectivity index (χ1n) is 7.22. The Morgan fingerprint density at radius 1 is 1.22 bits per heavy atom. The molecule has 2 heterocycles. The number of nitrogens with one attached hydrogen (secondary N) is 1. The number of rotatable bonds is 4. The second kappa shape index (κ2) is 7.51. The molecule has 2 saturated heterocycles. The van der Waals surface area contributed by atoms with Gasteiger partial charge in [0.05, 0.1) is 25.3 Å². The molecular weight excluding hydrogens is 314 g/mol. The van der Waals surface area contributed by atoms with Crippen LogP contribution in [0.2, 0.25) is 0 Å². The summed E-state index contributed by atoms with van der Waals surface area (Å²) in [4.78, 5) is 22.3. The fraction of sp³-hybridized carbons (Fsp3) is 0.846. The van der Waals surface area contributed by atoms with Crippen molar-refractivity contribution in [3.8, 4) is 0 Å². The number of amides is 1. The quantitative estimate of drug-likeness (QED) is 0.400. The first kappa shape index (κ1) is 18.0. The molecule has 0 spiro atoms. The molecule has 10 heteroatoms. The van der Waals surface area contributed by atoms with Gasteiger partial charge in [0.2, 0.25) is 5.91 Å². The Bertz CT molecular complexity index is 445. The van der Waals surface area contributed by atoms with Crippen LogP contribution in [0.3, 0.4) is 0 Å². The summed E-state index contributed by atoms with van der Waals surface area (Å²) in [7, 11) is 0. The molecule has 2 aliphatic heterocycles. The van der Waals surface area contributed by atoms with Crippen molar-refractivity contribution in [2.45, 2.75) is 56.2 Å². The lowest BCUT2D eigenvalue weighted by Gasteiger charge is -2.43. The number of aliphatic hydroxyl groups excluding tert-OH is 3. The molecule has 0 saturated carbocycles. The van der Waals surface area contributed by atoms with Crippen LogP contribution >= 0.6 is 0 Å². The maximum Gasteiger partial charge on any atom is 0.217 e. The van der Waals surface area contributed by atoms with Gasteiger partial charge in [-0.2, -0.15) is 0 Å². The van der Waals surface area contributed by atoms with Crippen LogP contribution in [0, 0.1) is 0 Å². The molecule has 2 rings (SSSR count). The number of aliphatic hydroxyl groups is 3. The zero-order chi connectivity index (χ0) is 17.1. The highest BCUT2D eigenvalue weighted by molar-refractivity contribution is 5.73. The van der Waals surface area contributed by atoms with Crippen LogP contribution in [-0.4, -0.2) is 83.3 Å². The lowest BCUT2D eigenvalue weighted by Crippen LogP contribution is -2.63. The third kappa shape index (κ3) is 4.16. The van der Waals surface area contributed by atoms with Gasteiger partial charge in [0, 0.05) is 6.92 Å². The standard InChI is InChI=1S/C13H21NO9/c1-5(15)14-8-6(16)2-3-21-13(8)23-10-9(18)7(17)4-22-11(10)12(19)20/h6-11,13,16-18H,2-4H2,1H3,(H,14,15)(H,19,20)/p-1/t6-,7?,8?,9+,10?,11?,13-/m0/s1.